The molecule has 2 heterocycles. The maximum Gasteiger partial charge on any atom is 0.435 e. The Morgan fingerprint density at radius 1 is 0.951 bits per heavy atom. The number of imide groups is 1. The minimum absolute atomic E-state index is 0.0373. The van der Waals surface area contributed by atoms with Gasteiger partial charge in [-0.2, -0.15) is 13.0 Å². The standard InChI is InChI=1S/C28H22N2O6.FHO3S/c1-29-22-12-5-4-9-20(22)26(28(34)35)21-11-6-10-19(27(21)29)18-8-3-2-7-17(18)13-16-25(33)36-30-23(31)14-15-24(30)32;1-5(2,3)4/h2-12H,13-16H2,1H3;(H,2,3,4). The summed E-state index contributed by atoms with van der Waals surface area (Å²) in [4.78, 5) is 53.1. The van der Waals surface area contributed by atoms with Gasteiger partial charge in [0.2, 0.25) is 11.0 Å². The second-order valence-corrected chi connectivity index (χ2v) is 9.88. The number of aromatic nitrogens is 1. The lowest BCUT2D eigenvalue weighted by Crippen LogP contribution is -2.33. The van der Waals surface area contributed by atoms with Crippen LogP contribution in [0.3, 0.4) is 0 Å². The molecule has 1 saturated heterocycles. The molecule has 0 atom stereocenters. The molecule has 1 fully saturated rings. The quantitative estimate of drug-likeness (QED) is 0.118. The monoisotopic (exact) mass is 582 g/mol. The Hall–Kier alpha value is -4.75. The average Bonchev–Trinajstić information content (AvgIpc) is 3.23. The Morgan fingerprint density at radius 2 is 1.51 bits per heavy atom. The van der Waals surface area contributed by atoms with Gasteiger partial charge in [-0.05, 0) is 35.7 Å². The molecule has 0 bridgehead atoms. The number of carboxylic acids is 1. The number of hydrogen-bond acceptors (Lipinski definition) is 8. The van der Waals surface area contributed by atoms with E-state index in [1.165, 1.54) is 0 Å². The molecule has 212 valence electrons. The number of hydrogen-bond donors (Lipinski definition) is 1. The Balaban J connectivity index is 0.000000714. The number of amides is 2. The van der Waals surface area contributed by atoms with E-state index in [4.69, 9.17) is 17.8 Å². The van der Waals surface area contributed by atoms with E-state index in [0.29, 0.717) is 22.3 Å². The summed E-state index contributed by atoms with van der Waals surface area (Å²) >= 11 is 0. The van der Waals surface area contributed by atoms with Crippen molar-refractivity contribution in [3.05, 3.63) is 77.9 Å². The summed E-state index contributed by atoms with van der Waals surface area (Å²) in [6.45, 7) is 0. The predicted octanol–water partition coefficient (Wildman–Crippen LogP) is 2.15. The molecule has 0 unspecified atom stereocenters. The van der Waals surface area contributed by atoms with Crippen LogP contribution in [0, 0.1) is 0 Å². The van der Waals surface area contributed by atoms with Crippen molar-refractivity contribution in [2.45, 2.75) is 25.7 Å². The van der Waals surface area contributed by atoms with Gasteiger partial charge in [-0.3, -0.25) is 14.1 Å². The zero-order valence-corrected chi connectivity index (χ0v) is 22.4. The maximum atomic E-state index is 12.4. The zero-order valence-electron chi connectivity index (χ0n) is 21.6. The van der Waals surface area contributed by atoms with Gasteiger partial charge in [0.05, 0.1) is 28.7 Å². The topological polar surface area (TPSA) is 162 Å². The van der Waals surface area contributed by atoms with Crippen molar-refractivity contribution in [1.82, 2.24) is 5.06 Å². The van der Waals surface area contributed by atoms with Crippen LogP contribution in [0.15, 0.2) is 66.7 Å². The third-order valence-electron chi connectivity index (χ3n) is 6.48. The van der Waals surface area contributed by atoms with Crippen LogP contribution in [0.5, 0.6) is 0 Å². The molecule has 4 aromatic rings. The average molecular weight is 583 g/mol. The summed E-state index contributed by atoms with van der Waals surface area (Å²) in [5.74, 6) is -2.97. The lowest BCUT2D eigenvalue weighted by atomic mass is 9.92. The molecule has 0 radical (unpaired) electrons. The summed E-state index contributed by atoms with van der Waals surface area (Å²) in [5, 5.41) is 13.9. The van der Waals surface area contributed by atoms with Gasteiger partial charge in [0.1, 0.15) is 7.05 Å². The Labute approximate surface area is 233 Å². The normalized spacial score (nSPS) is 13.3. The number of halogens is 1. The van der Waals surface area contributed by atoms with E-state index in [2.05, 4.69) is 0 Å². The van der Waals surface area contributed by atoms with E-state index in [-0.39, 0.29) is 24.8 Å². The van der Waals surface area contributed by atoms with Gasteiger partial charge in [-0.15, -0.1) is 5.06 Å². The second kappa shape index (κ2) is 11.8. The number of carbonyl (C=O) groups is 4. The largest absolute Gasteiger partial charge is 0.545 e. The van der Waals surface area contributed by atoms with Gasteiger partial charge < -0.3 is 14.7 Å². The summed E-state index contributed by atoms with van der Waals surface area (Å²) < 4.78 is 36.0. The number of carboxylic acid groups (broad SMARTS) is 1. The van der Waals surface area contributed by atoms with Crippen molar-refractivity contribution < 1.29 is 50.5 Å². The Morgan fingerprint density at radius 3 is 2.17 bits per heavy atom. The molecule has 5 rings (SSSR count). The van der Waals surface area contributed by atoms with E-state index < -0.39 is 34.3 Å². The molecule has 41 heavy (non-hydrogen) atoms. The van der Waals surface area contributed by atoms with Crippen LogP contribution in [0.2, 0.25) is 0 Å². The molecule has 1 N–H and O–H groups in total. The van der Waals surface area contributed by atoms with E-state index in [0.717, 1.165) is 27.7 Å². The van der Waals surface area contributed by atoms with Crippen LogP contribution in [0.25, 0.3) is 32.9 Å². The molecule has 1 aliphatic heterocycles. The van der Waals surface area contributed by atoms with Crippen LogP contribution in [0.4, 0.5) is 3.89 Å². The third kappa shape index (κ3) is 6.53. The summed E-state index contributed by atoms with van der Waals surface area (Å²) in [6.07, 6.45) is 0.329. The lowest BCUT2D eigenvalue weighted by molar-refractivity contribution is -0.617. The van der Waals surface area contributed by atoms with Crippen LogP contribution in [-0.4, -0.2) is 41.8 Å². The lowest BCUT2D eigenvalue weighted by Gasteiger charge is -2.15. The fraction of sp³-hybridized carbons (Fsp3) is 0.179. The maximum absolute atomic E-state index is 12.4. The third-order valence-corrected chi connectivity index (χ3v) is 6.48. The molecule has 11 nitrogen and oxygen atoms in total. The number of pyridine rings is 1. The highest BCUT2D eigenvalue weighted by molar-refractivity contribution is 7.80. The van der Waals surface area contributed by atoms with Crippen molar-refractivity contribution in [2.24, 2.45) is 7.05 Å². The Kier molecular flexibility index (Phi) is 8.40. The van der Waals surface area contributed by atoms with E-state index in [1.54, 1.807) is 24.3 Å². The molecule has 0 aliphatic carbocycles. The first-order valence-corrected chi connectivity index (χ1v) is 13.6. The number of carbonyl (C=O) groups excluding carboxylic acids is 4. The minimum Gasteiger partial charge on any atom is -0.545 e. The van der Waals surface area contributed by atoms with Crippen molar-refractivity contribution in [3.8, 4) is 11.1 Å². The first-order valence-electron chi connectivity index (χ1n) is 12.2. The van der Waals surface area contributed by atoms with Crippen molar-refractivity contribution >= 4 is 56.1 Å². The van der Waals surface area contributed by atoms with Gasteiger partial charge in [0, 0.05) is 24.5 Å². The van der Waals surface area contributed by atoms with Crippen LogP contribution >= 0.6 is 0 Å². The number of rotatable bonds is 6. The first-order chi connectivity index (χ1) is 19.4. The number of para-hydroxylation sites is 2. The summed E-state index contributed by atoms with van der Waals surface area (Å²) in [6, 6.07) is 20.3. The Bertz CT molecular complexity index is 1800. The van der Waals surface area contributed by atoms with Crippen molar-refractivity contribution in [2.75, 3.05) is 0 Å². The van der Waals surface area contributed by atoms with Crippen LogP contribution < -0.4 is 9.67 Å². The zero-order chi connectivity index (χ0) is 29.9. The van der Waals surface area contributed by atoms with Crippen LogP contribution in [-0.2, 0) is 43.2 Å². The van der Waals surface area contributed by atoms with Gasteiger partial charge in [0.25, 0.3) is 11.8 Å². The van der Waals surface area contributed by atoms with E-state index in [1.807, 2.05) is 54.1 Å². The highest BCUT2D eigenvalue weighted by Crippen LogP contribution is 2.33. The first kappa shape index (κ1) is 29.2. The summed E-state index contributed by atoms with van der Waals surface area (Å²) in [5.41, 5.74) is 4.07. The minimum atomic E-state index is -5.17. The number of nitrogens with zero attached hydrogens (tertiary/aromatic N) is 2. The summed E-state index contributed by atoms with van der Waals surface area (Å²) in [7, 11) is -3.28. The fourth-order valence-corrected chi connectivity index (χ4v) is 4.83. The fourth-order valence-electron chi connectivity index (χ4n) is 4.83. The number of benzene rings is 3. The highest BCUT2D eigenvalue weighted by Gasteiger charge is 2.32. The number of aryl methyl sites for hydroxylation is 2. The van der Waals surface area contributed by atoms with E-state index in [9.17, 15) is 28.2 Å². The van der Waals surface area contributed by atoms with Gasteiger partial charge in [-0.25, -0.2) is 4.79 Å². The van der Waals surface area contributed by atoms with Crippen molar-refractivity contribution in [3.63, 3.8) is 0 Å². The number of aromatic carboxylic acids is 1. The molecule has 0 saturated carbocycles. The molecule has 1 aromatic heterocycles. The van der Waals surface area contributed by atoms with Gasteiger partial charge in [-0.1, -0.05) is 46.4 Å². The molecular formula is C28H23FN2O9S. The van der Waals surface area contributed by atoms with E-state index >= 15 is 0 Å². The number of fused-ring (bicyclic) bond motifs is 2. The molecule has 13 heteroatoms. The SMILES string of the molecule is C[n+]1c2ccccc2c(C(=O)[O-])c2cccc(-c3ccccc3CCC(=O)ON3C(=O)CCC3=O)c21.O=S(=O)(O)F. The second-order valence-electron chi connectivity index (χ2n) is 9.05. The van der Waals surface area contributed by atoms with Crippen molar-refractivity contribution in [1.29, 1.82) is 0 Å². The van der Waals surface area contributed by atoms with Gasteiger partial charge in [0.15, 0.2) is 0 Å². The molecular weight excluding hydrogens is 559 g/mol. The molecule has 0 spiro atoms. The van der Waals surface area contributed by atoms with Gasteiger partial charge >= 0.3 is 16.5 Å². The highest BCUT2D eigenvalue weighted by atomic mass is 32.3. The number of hydroxylamine groups is 2. The molecule has 2 amide bonds. The molecule has 3 aromatic carbocycles. The van der Waals surface area contributed by atoms with Crippen LogP contribution in [0.1, 0.15) is 35.2 Å². The smallest absolute Gasteiger partial charge is 0.435 e. The molecule has 1 aliphatic rings. The predicted molar refractivity (Wildman–Crippen MR) is 141 cm³/mol.